The lowest BCUT2D eigenvalue weighted by molar-refractivity contribution is 0.379. The molecule has 2 N–H and O–H groups in total. The van der Waals surface area contributed by atoms with E-state index in [0.717, 1.165) is 28.0 Å². The van der Waals surface area contributed by atoms with Gasteiger partial charge in [-0.25, -0.2) is 0 Å². The number of thiophene rings is 1. The number of hydrogen-bond donors (Lipinski definition) is 1. The first-order chi connectivity index (χ1) is 9.17. The number of rotatable bonds is 5. The maximum absolute atomic E-state index is 6.33. The molecule has 1 aromatic heterocycles. The van der Waals surface area contributed by atoms with Gasteiger partial charge in [0.2, 0.25) is 0 Å². The Hall–Kier alpha value is -1.04. The molecular formula is C14H16BrNO2S. The molecule has 2 rings (SSSR count). The highest BCUT2D eigenvalue weighted by Crippen LogP contribution is 2.36. The molecule has 1 atom stereocenters. The van der Waals surface area contributed by atoms with Gasteiger partial charge in [0.1, 0.15) is 11.5 Å². The van der Waals surface area contributed by atoms with Crippen molar-refractivity contribution in [3.63, 3.8) is 0 Å². The molecule has 0 radical (unpaired) electrons. The Morgan fingerprint density at radius 3 is 2.32 bits per heavy atom. The Kier molecular flexibility index (Phi) is 4.85. The summed E-state index contributed by atoms with van der Waals surface area (Å²) >= 11 is 5.22. The summed E-state index contributed by atoms with van der Waals surface area (Å²) in [6, 6.07) is 7.57. The number of methoxy groups -OCH3 is 2. The molecule has 2 aromatic rings. The fourth-order valence-electron chi connectivity index (χ4n) is 2.02. The fraction of sp³-hybridized carbons (Fsp3) is 0.286. The van der Waals surface area contributed by atoms with Gasteiger partial charge in [-0.3, -0.25) is 0 Å². The van der Waals surface area contributed by atoms with Crippen molar-refractivity contribution in [3.05, 3.63) is 44.6 Å². The first kappa shape index (κ1) is 14.4. The largest absolute Gasteiger partial charge is 0.496 e. The van der Waals surface area contributed by atoms with E-state index < -0.39 is 0 Å². The van der Waals surface area contributed by atoms with E-state index in [1.54, 1.807) is 25.6 Å². The lowest BCUT2D eigenvalue weighted by atomic mass is 10.0. The van der Waals surface area contributed by atoms with Crippen molar-refractivity contribution >= 4 is 27.3 Å². The smallest absolute Gasteiger partial charge is 0.127 e. The van der Waals surface area contributed by atoms with Crippen molar-refractivity contribution < 1.29 is 9.47 Å². The van der Waals surface area contributed by atoms with Gasteiger partial charge < -0.3 is 15.2 Å². The van der Waals surface area contributed by atoms with Crippen molar-refractivity contribution in [2.75, 3.05) is 14.2 Å². The zero-order valence-corrected chi connectivity index (χ0v) is 13.3. The monoisotopic (exact) mass is 341 g/mol. The van der Waals surface area contributed by atoms with Crippen LogP contribution in [0.1, 0.15) is 16.5 Å². The zero-order chi connectivity index (χ0) is 13.8. The van der Waals surface area contributed by atoms with E-state index in [9.17, 15) is 0 Å². The maximum atomic E-state index is 6.33. The Balaban J connectivity index is 2.32. The highest BCUT2D eigenvalue weighted by molar-refractivity contribution is 9.10. The minimum atomic E-state index is -0.166. The molecule has 0 fully saturated rings. The predicted molar refractivity (Wildman–Crippen MR) is 82.2 cm³/mol. The third-order valence-electron chi connectivity index (χ3n) is 2.93. The highest BCUT2D eigenvalue weighted by atomic mass is 79.9. The molecule has 0 saturated carbocycles. The molecule has 19 heavy (non-hydrogen) atoms. The van der Waals surface area contributed by atoms with E-state index >= 15 is 0 Å². The Morgan fingerprint density at radius 1 is 1.21 bits per heavy atom. The molecule has 0 saturated heterocycles. The fourth-order valence-corrected chi connectivity index (χ4v) is 3.59. The lowest BCUT2D eigenvalue weighted by Gasteiger charge is -2.18. The molecule has 0 bridgehead atoms. The van der Waals surface area contributed by atoms with Gasteiger partial charge >= 0.3 is 0 Å². The predicted octanol–water partition coefficient (Wildman–Crippen LogP) is 3.77. The number of hydrogen-bond acceptors (Lipinski definition) is 4. The molecule has 0 amide bonds. The summed E-state index contributed by atoms with van der Waals surface area (Å²) in [6.07, 6.45) is 0.745. The molecule has 0 spiro atoms. The third kappa shape index (κ3) is 3.11. The average Bonchev–Trinajstić information content (AvgIpc) is 2.83. The Bertz CT molecular complexity index is 534. The van der Waals surface area contributed by atoms with Crippen LogP contribution in [0.3, 0.4) is 0 Å². The molecule has 1 aromatic carbocycles. The van der Waals surface area contributed by atoms with Crippen molar-refractivity contribution in [3.8, 4) is 11.5 Å². The molecule has 102 valence electrons. The van der Waals surface area contributed by atoms with Crippen molar-refractivity contribution in [1.82, 2.24) is 0 Å². The van der Waals surface area contributed by atoms with Crippen LogP contribution in [0.4, 0.5) is 0 Å². The van der Waals surface area contributed by atoms with Crippen LogP contribution in [-0.4, -0.2) is 14.2 Å². The molecule has 5 heteroatoms. The summed E-state index contributed by atoms with van der Waals surface area (Å²) in [5.41, 5.74) is 7.24. The summed E-state index contributed by atoms with van der Waals surface area (Å²) in [6.45, 7) is 0. The Morgan fingerprint density at radius 2 is 1.84 bits per heavy atom. The second kappa shape index (κ2) is 6.41. The van der Waals surface area contributed by atoms with E-state index in [4.69, 9.17) is 15.2 Å². The molecule has 0 aliphatic heterocycles. The first-order valence-corrected chi connectivity index (χ1v) is 7.53. The van der Waals surface area contributed by atoms with Crippen LogP contribution in [0.2, 0.25) is 0 Å². The van der Waals surface area contributed by atoms with E-state index in [1.807, 2.05) is 29.6 Å². The summed E-state index contributed by atoms with van der Waals surface area (Å²) in [5.74, 6) is 1.53. The number of nitrogens with two attached hydrogens (primary N) is 1. The van der Waals surface area contributed by atoms with Gasteiger partial charge in [0, 0.05) is 21.8 Å². The van der Waals surface area contributed by atoms with E-state index in [-0.39, 0.29) is 6.04 Å². The van der Waals surface area contributed by atoms with Crippen molar-refractivity contribution in [2.45, 2.75) is 12.5 Å². The minimum Gasteiger partial charge on any atom is -0.496 e. The van der Waals surface area contributed by atoms with Crippen molar-refractivity contribution in [1.29, 1.82) is 0 Å². The molecular weight excluding hydrogens is 326 g/mol. The topological polar surface area (TPSA) is 44.5 Å². The van der Waals surface area contributed by atoms with Gasteiger partial charge in [-0.05, 0) is 39.5 Å². The average molecular weight is 342 g/mol. The second-order valence-corrected chi connectivity index (χ2v) is 5.93. The normalized spacial score (nSPS) is 12.2. The van der Waals surface area contributed by atoms with Crippen LogP contribution in [0, 0.1) is 0 Å². The summed E-state index contributed by atoms with van der Waals surface area (Å²) < 4.78 is 11.9. The van der Waals surface area contributed by atoms with E-state index in [2.05, 4.69) is 15.9 Å². The highest BCUT2D eigenvalue weighted by Gasteiger charge is 2.19. The number of benzene rings is 1. The van der Waals surface area contributed by atoms with Gasteiger partial charge in [-0.15, -0.1) is 11.3 Å². The standard InChI is InChI=1S/C14H16BrNO2S/c1-17-11-4-3-5-12(18-2)14(11)10(16)8-13-9(15)6-7-19-13/h3-7,10H,8,16H2,1-2H3. The molecule has 0 aliphatic carbocycles. The van der Waals surface area contributed by atoms with Gasteiger partial charge in [-0.2, -0.15) is 0 Å². The van der Waals surface area contributed by atoms with Crippen LogP contribution in [0.15, 0.2) is 34.1 Å². The quantitative estimate of drug-likeness (QED) is 0.900. The third-order valence-corrected chi connectivity index (χ3v) is 4.88. The molecule has 0 aliphatic rings. The van der Waals surface area contributed by atoms with Gasteiger partial charge in [-0.1, -0.05) is 6.07 Å². The second-order valence-electron chi connectivity index (χ2n) is 4.08. The zero-order valence-electron chi connectivity index (χ0n) is 10.9. The van der Waals surface area contributed by atoms with E-state index in [1.165, 1.54) is 4.88 Å². The van der Waals surface area contributed by atoms with Crippen LogP contribution in [-0.2, 0) is 6.42 Å². The summed E-state index contributed by atoms with van der Waals surface area (Å²) in [7, 11) is 3.29. The van der Waals surface area contributed by atoms with Gasteiger partial charge in [0.05, 0.1) is 19.8 Å². The molecule has 3 nitrogen and oxygen atoms in total. The minimum absolute atomic E-state index is 0.166. The Labute approximate surface area is 125 Å². The maximum Gasteiger partial charge on any atom is 0.127 e. The number of halogens is 1. The van der Waals surface area contributed by atoms with Gasteiger partial charge in [0.15, 0.2) is 0 Å². The van der Waals surface area contributed by atoms with Crippen molar-refractivity contribution in [2.24, 2.45) is 5.73 Å². The molecule has 1 heterocycles. The van der Waals surface area contributed by atoms with Crippen LogP contribution in [0.5, 0.6) is 11.5 Å². The van der Waals surface area contributed by atoms with E-state index in [0.29, 0.717) is 0 Å². The summed E-state index contributed by atoms with van der Waals surface area (Å²) in [5, 5.41) is 2.05. The van der Waals surface area contributed by atoms with Crippen LogP contribution >= 0.6 is 27.3 Å². The molecule has 1 unspecified atom stereocenters. The SMILES string of the molecule is COc1cccc(OC)c1C(N)Cc1sccc1Br. The first-order valence-electron chi connectivity index (χ1n) is 5.85. The van der Waals surface area contributed by atoms with Crippen LogP contribution in [0.25, 0.3) is 0 Å². The number of ether oxygens (including phenoxy) is 2. The lowest BCUT2D eigenvalue weighted by Crippen LogP contribution is -2.15. The summed E-state index contributed by atoms with van der Waals surface area (Å²) in [4.78, 5) is 1.22. The van der Waals surface area contributed by atoms with Gasteiger partial charge in [0.25, 0.3) is 0 Å². The van der Waals surface area contributed by atoms with Crippen LogP contribution < -0.4 is 15.2 Å².